The number of ether oxygens (including phenoxy) is 1. The van der Waals surface area contributed by atoms with Crippen molar-refractivity contribution in [3.8, 4) is 0 Å². The average molecular weight is 314 g/mol. The zero-order valence-corrected chi connectivity index (χ0v) is 13.0. The first-order valence-electron chi connectivity index (χ1n) is 7.26. The van der Waals surface area contributed by atoms with Crippen LogP contribution in [0.4, 0.5) is 11.4 Å². The van der Waals surface area contributed by atoms with Crippen molar-refractivity contribution >= 4 is 34.7 Å². The van der Waals surface area contributed by atoms with Gasteiger partial charge in [0.25, 0.3) is 0 Å². The summed E-state index contributed by atoms with van der Waals surface area (Å²) in [7, 11) is 0. The van der Waals surface area contributed by atoms with E-state index in [2.05, 4.69) is 10.2 Å². The van der Waals surface area contributed by atoms with E-state index in [1.165, 1.54) is 0 Å². The highest BCUT2D eigenvalue weighted by Crippen LogP contribution is 2.19. The third kappa shape index (κ3) is 3.96. The van der Waals surface area contributed by atoms with E-state index in [1.807, 2.05) is 47.9 Å². The van der Waals surface area contributed by atoms with Crippen LogP contribution in [0.3, 0.4) is 0 Å². The number of carbonyl (C=O) groups excluding carboxylic acids is 1. The number of hydrogen-bond donors (Lipinski definition) is 1. The van der Waals surface area contributed by atoms with Crippen LogP contribution in [0.15, 0.2) is 47.9 Å². The van der Waals surface area contributed by atoms with Crippen molar-refractivity contribution in [1.29, 1.82) is 0 Å². The Morgan fingerprint density at radius 1 is 1.18 bits per heavy atom. The zero-order chi connectivity index (χ0) is 15.2. The quantitative estimate of drug-likeness (QED) is 0.881. The van der Waals surface area contributed by atoms with Gasteiger partial charge in [-0.15, -0.1) is 11.3 Å². The van der Waals surface area contributed by atoms with Gasteiger partial charge in [0, 0.05) is 35.4 Å². The van der Waals surface area contributed by atoms with Crippen molar-refractivity contribution in [2.45, 2.75) is 0 Å². The topological polar surface area (TPSA) is 41.6 Å². The molecule has 22 heavy (non-hydrogen) atoms. The molecule has 0 unspecified atom stereocenters. The van der Waals surface area contributed by atoms with Crippen LogP contribution in [-0.4, -0.2) is 32.2 Å². The molecular weight excluding hydrogens is 296 g/mol. The molecule has 4 nitrogen and oxygen atoms in total. The number of thiophene rings is 1. The summed E-state index contributed by atoms with van der Waals surface area (Å²) < 4.78 is 5.35. The SMILES string of the molecule is O=C(/C=C/c1cccs1)Nc1ccc(N2CCOCC2)cc1. The maximum Gasteiger partial charge on any atom is 0.248 e. The Bertz CT molecular complexity index is 629. The Morgan fingerprint density at radius 3 is 2.64 bits per heavy atom. The summed E-state index contributed by atoms with van der Waals surface area (Å²) in [5.41, 5.74) is 1.97. The highest BCUT2D eigenvalue weighted by Gasteiger charge is 2.10. The number of amides is 1. The summed E-state index contributed by atoms with van der Waals surface area (Å²) in [5, 5.41) is 4.86. The fraction of sp³-hybridized carbons (Fsp3) is 0.235. The van der Waals surface area contributed by atoms with Gasteiger partial charge in [0.15, 0.2) is 0 Å². The maximum absolute atomic E-state index is 11.9. The predicted molar refractivity (Wildman–Crippen MR) is 91.5 cm³/mol. The van der Waals surface area contributed by atoms with Crippen LogP contribution in [0, 0.1) is 0 Å². The number of nitrogens with one attached hydrogen (secondary N) is 1. The van der Waals surface area contributed by atoms with Crippen molar-refractivity contribution in [3.05, 3.63) is 52.7 Å². The van der Waals surface area contributed by atoms with Crippen molar-refractivity contribution < 1.29 is 9.53 Å². The number of nitrogens with zero attached hydrogens (tertiary/aromatic N) is 1. The van der Waals surface area contributed by atoms with E-state index in [0.29, 0.717) is 0 Å². The molecule has 1 N–H and O–H groups in total. The van der Waals surface area contributed by atoms with E-state index in [1.54, 1.807) is 17.4 Å². The van der Waals surface area contributed by atoms with E-state index < -0.39 is 0 Å². The monoisotopic (exact) mass is 314 g/mol. The van der Waals surface area contributed by atoms with Gasteiger partial charge in [-0.25, -0.2) is 0 Å². The molecule has 1 aliphatic rings. The minimum absolute atomic E-state index is 0.118. The van der Waals surface area contributed by atoms with Crippen molar-refractivity contribution in [2.75, 3.05) is 36.5 Å². The number of carbonyl (C=O) groups is 1. The van der Waals surface area contributed by atoms with E-state index >= 15 is 0 Å². The Balaban J connectivity index is 1.57. The van der Waals surface area contributed by atoms with Gasteiger partial charge in [0.1, 0.15) is 0 Å². The van der Waals surface area contributed by atoms with Crippen molar-refractivity contribution in [3.63, 3.8) is 0 Å². The van der Waals surface area contributed by atoms with Gasteiger partial charge in [0.05, 0.1) is 13.2 Å². The highest BCUT2D eigenvalue weighted by molar-refractivity contribution is 7.10. The molecule has 3 rings (SSSR count). The molecule has 0 atom stereocenters. The second-order valence-corrected chi connectivity index (χ2v) is 5.96. The van der Waals surface area contributed by atoms with Crippen LogP contribution >= 0.6 is 11.3 Å². The van der Waals surface area contributed by atoms with Gasteiger partial charge in [-0.2, -0.15) is 0 Å². The van der Waals surface area contributed by atoms with Crippen LogP contribution in [0.5, 0.6) is 0 Å². The number of benzene rings is 1. The summed E-state index contributed by atoms with van der Waals surface area (Å²) >= 11 is 1.61. The van der Waals surface area contributed by atoms with Crippen LogP contribution in [0.1, 0.15) is 4.88 Å². The number of anilines is 2. The zero-order valence-electron chi connectivity index (χ0n) is 12.2. The molecule has 5 heteroatoms. The number of rotatable bonds is 4. The molecule has 0 saturated carbocycles. The molecule has 1 saturated heterocycles. The molecule has 0 spiro atoms. The van der Waals surface area contributed by atoms with E-state index in [4.69, 9.17) is 4.74 Å². The van der Waals surface area contributed by atoms with Gasteiger partial charge in [-0.05, 0) is 41.8 Å². The number of hydrogen-bond acceptors (Lipinski definition) is 4. The number of morpholine rings is 1. The Kier molecular flexibility index (Phi) is 4.88. The molecule has 114 valence electrons. The minimum atomic E-state index is -0.118. The Labute approximate surface area is 134 Å². The van der Waals surface area contributed by atoms with Crippen LogP contribution in [-0.2, 0) is 9.53 Å². The summed E-state index contributed by atoms with van der Waals surface area (Å²) in [5.74, 6) is -0.118. The second kappa shape index (κ2) is 7.24. The summed E-state index contributed by atoms with van der Waals surface area (Å²) in [6.07, 6.45) is 3.38. The molecular formula is C17H18N2O2S. The largest absolute Gasteiger partial charge is 0.378 e. The summed E-state index contributed by atoms with van der Waals surface area (Å²) in [4.78, 5) is 15.2. The minimum Gasteiger partial charge on any atom is -0.378 e. The standard InChI is InChI=1S/C17H18N2O2S/c20-17(8-7-16-2-1-13-22-16)18-14-3-5-15(6-4-14)19-9-11-21-12-10-19/h1-8,13H,9-12H2,(H,18,20)/b8-7+. The van der Waals surface area contributed by atoms with E-state index in [9.17, 15) is 4.79 Å². The van der Waals surface area contributed by atoms with Crippen LogP contribution in [0.2, 0.25) is 0 Å². The van der Waals surface area contributed by atoms with Gasteiger partial charge in [0.2, 0.25) is 5.91 Å². The predicted octanol–water partition coefficient (Wildman–Crippen LogP) is 3.24. The Morgan fingerprint density at radius 2 is 1.95 bits per heavy atom. The van der Waals surface area contributed by atoms with Gasteiger partial charge in [-0.3, -0.25) is 4.79 Å². The van der Waals surface area contributed by atoms with Crippen molar-refractivity contribution in [2.24, 2.45) is 0 Å². The summed E-state index contributed by atoms with van der Waals surface area (Å²) in [6, 6.07) is 11.9. The molecule has 1 aliphatic heterocycles. The molecule has 0 bridgehead atoms. The first-order chi connectivity index (χ1) is 10.8. The molecule has 1 amide bonds. The fourth-order valence-corrected chi connectivity index (χ4v) is 2.92. The first-order valence-corrected chi connectivity index (χ1v) is 8.14. The maximum atomic E-state index is 11.9. The molecule has 0 radical (unpaired) electrons. The van der Waals surface area contributed by atoms with E-state index in [0.717, 1.165) is 42.6 Å². The molecule has 0 aliphatic carbocycles. The van der Waals surface area contributed by atoms with Gasteiger partial charge < -0.3 is 15.0 Å². The fourth-order valence-electron chi connectivity index (χ4n) is 2.30. The normalized spacial score (nSPS) is 15.2. The summed E-state index contributed by atoms with van der Waals surface area (Å²) in [6.45, 7) is 3.36. The lowest BCUT2D eigenvalue weighted by atomic mass is 10.2. The third-order valence-corrected chi connectivity index (χ3v) is 4.29. The molecule has 1 aromatic heterocycles. The van der Waals surface area contributed by atoms with Gasteiger partial charge in [-0.1, -0.05) is 6.07 Å². The van der Waals surface area contributed by atoms with Crippen LogP contribution in [0.25, 0.3) is 6.08 Å². The lowest BCUT2D eigenvalue weighted by Crippen LogP contribution is -2.36. The smallest absolute Gasteiger partial charge is 0.248 e. The molecule has 2 heterocycles. The highest BCUT2D eigenvalue weighted by atomic mass is 32.1. The van der Waals surface area contributed by atoms with Crippen molar-refractivity contribution in [1.82, 2.24) is 0 Å². The molecule has 1 fully saturated rings. The third-order valence-electron chi connectivity index (χ3n) is 3.45. The van der Waals surface area contributed by atoms with E-state index in [-0.39, 0.29) is 5.91 Å². The molecule has 1 aromatic carbocycles. The first kappa shape index (κ1) is 14.8. The lowest BCUT2D eigenvalue weighted by molar-refractivity contribution is -0.111. The lowest BCUT2D eigenvalue weighted by Gasteiger charge is -2.28. The average Bonchev–Trinajstić information content (AvgIpc) is 3.08. The Hall–Kier alpha value is -2.11. The van der Waals surface area contributed by atoms with Gasteiger partial charge >= 0.3 is 0 Å². The van der Waals surface area contributed by atoms with Crippen LogP contribution < -0.4 is 10.2 Å². The molecule has 2 aromatic rings. The second-order valence-electron chi connectivity index (χ2n) is 4.98.